The van der Waals surface area contributed by atoms with Crippen molar-refractivity contribution in [2.24, 2.45) is 0 Å². The van der Waals surface area contributed by atoms with Gasteiger partial charge in [0.15, 0.2) is 0 Å². The summed E-state index contributed by atoms with van der Waals surface area (Å²) in [7, 11) is 0. The number of H-pyrrole nitrogens is 1. The minimum absolute atomic E-state index is 0.136. The number of nitrogens with one attached hydrogen (secondary N) is 1. The number of hydrogen-bond acceptors (Lipinski definition) is 2. The summed E-state index contributed by atoms with van der Waals surface area (Å²) < 4.78 is 29.9. The van der Waals surface area contributed by atoms with Crippen LogP contribution in [0.2, 0.25) is 0 Å². The van der Waals surface area contributed by atoms with Gasteiger partial charge in [0.2, 0.25) is 0 Å². The highest BCUT2D eigenvalue weighted by atomic mass is 19.3. The molecule has 0 bridgehead atoms. The fourth-order valence-corrected chi connectivity index (χ4v) is 1.67. The number of aryl methyl sites for hydroxylation is 1. The fraction of sp³-hybridized carbons (Fsp3) is 0.417. The van der Waals surface area contributed by atoms with Crippen LogP contribution in [-0.4, -0.2) is 16.1 Å². The third-order valence-corrected chi connectivity index (χ3v) is 2.29. The van der Waals surface area contributed by atoms with Crippen molar-refractivity contribution < 1.29 is 13.5 Å². The number of nitrogens with zero attached hydrogens (tertiary/aromatic N) is 1. The molecule has 2 aromatic rings. The maximum absolute atomic E-state index is 12.7. The molecule has 0 unspecified atom stereocenters. The average Bonchev–Trinajstić information content (AvgIpc) is 2.57. The van der Waals surface area contributed by atoms with Gasteiger partial charge in [0.05, 0.1) is 11.0 Å². The molecular weight excluding hydrogens is 226 g/mol. The lowest BCUT2D eigenvalue weighted by atomic mass is 10.3. The van der Waals surface area contributed by atoms with E-state index in [1.54, 1.807) is 12.1 Å². The monoisotopic (exact) mass is 240 g/mol. The Hall–Kier alpha value is -1.65. The summed E-state index contributed by atoms with van der Waals surface area (Å²) in [6.07, 6.45) is -1.34. The molecule has 0 aliphatic rings. The molecule has 0 amide bonds. The van der Waals surface area contributed by atoms with Crippen molar-refractivity contribution in [3.8, 4) is 5.75 Å². The number of hydrogen-bond donors (Lipinski definition) is 1. The third-order valence-electron chi connectivity index (χ3n) is 2.29. The van der Waals surface area contributed by atoms with Crippen LogP contribution in [0.5, 0.6) is 5.75 Å². The molecule has 0 atom stereocenters. The predicted octanol–water partition coefficient (Wildman–Crippen LogP) is 3.51. The van der Waals surface area contributed by atoms with Crippen molar-refractivity contribution in [3.05, 3.63) is 24.0 Å². The number of halogens is 2. The molecule has 92 valence electrons. The van der Waals surface area contributed by atoms with E-state index < -0.39 is 6.11 Å². The van der Waals surface area contributed by atoms with Crippen LogP contribution in [0.4, 0.5) is 8.78 Å². The van der Waals surface area contributed by atoms with Crippen molar-refractivity contribution >= 4 is 11.0 Å². The second kappa shape index (κ2) is 4.31. The van der Waals surface area contributed by atoms with Gasteiger partial charge in [-0.2, -0.15) is 8.78 Å². The van der Waals surface area contributed by atoms with Crippen LogP contribution in [0.3, 0.4) is 0 Å². The molecule has 0 fully saturated rings. The van der Waals surface area contributed by atoms with Crippen molar-refractivity contribution in [3.63, 3.8) is 0 Å². The van der Waals surface area contributed by atoms with Crippen molar-refractivity contribution in [1.82, 2.24) is 9.97 Å². The lowest BCUT2D eigenvalue weighted by Gasteiger charge is -2.12. The highest BCUT2D eigenvalue weighted by Gasteiger charge is 2.23. The molecule has 5 heteroatoms. The number of benzene rings is 1. The number of aromatic amines is 1. The van der Waals surface area contributed by atoms with E-state index in [-0.39, 0.29) is 5.75 Å². The largest absolute Gasteiger partial charge is 0.433 e. The van der Waals surface area contributed by atoms with E-state index in [0.717, 1.165) is 29.7 Å². The van der Waals surface area contributed by atoms with Crippen LogP contribution in [0.15, 0.2) is 18.2 Å². The maximum atomic E-state index is 12.7. The fourth-order valence-electron chi connectivity index (χ4n) is 1.67. The Morgan fingerprint density at radius 1 is 1.41 bits per heavy atom. The number of rotatable bonds is 4. The summed E-state index contributed by atoms with van der Waals surface area (Å²) in [6, 6.07) is 4.71. The second-order valence-corrected chi connectivity index (χ2v) is 4.02. The molecule has 0 saturated heterocycles. The third kappa shape index (κ3) is 2.93. The van der Waals surface area contributed by atoms with Crippen LogP contribution >= 0.6 is 0 Å². The Morgan fingerprint density at radius 3 is 2.82 bits per heavy atom. The Labute approximate surface area is 97.8 Å². The summed E-state index contributed by atoms with van der Waals surface area (Å²) in [5.41, 5.74) is 1.48. The second-order valence-electron chi connectivity index (χ2n) is 4.02. The summed E-state index contributed by atoms with van der Waals surface area (Å²) in [4.78, 5) is 7.43. The molecule has 0 saturated carbocycles. The number of imidazole rings is 1. The van der Waals surface area contributed by atoms with E-state index >= 15 is 0 Å². The van der Waals surface area contributed by atoms with Crippen molar-refractivity contribution in [2.45, 2.75) is 32.8 Å². The first-order valence-corrected chi connectivity index (χ1v) is 5.53. The standard InChI is InChI=1S/C12H14F2N2O/c1-3-4-11-15-9-6-5-8(7-10(9)16-11)17-12(2,13)14/h5-7H,3-4H2,1-2H3,(H,15,16). The molecule has 3 nitrogen and oxygen atoms in total. The van der Waals surface area contributed by atoms with E-state index in [0.29, 0.717) is 6.92 Å². The SMILES string of the molecule is CCCc1nc2ccc(OC(C)(F)F)cc2[nH]1. The van der Waals surface area contributed by atoms with Gasteiger partial charge in [0.25, 0.3) is 0 Å². The van der Waals surface area contributed by atoms with Gasteiger partial charge in [-0.1, -0.05) is 6.92 Å². The quantitative estimate of drug-likeness (QED) is 0.888. The number of aromatic nitrogens is 2. The minimum Gasteiger partial charge on any atom is -0.433 e. The Morgan fingerprint density at radius 2 is 2.18 bits per heavy atom. The molecule has 0 aliphatic carbocycles. The first kappa shape index (κ1) is 11.8. The summed E-state index contributed by atoms with van der Waals surface area (Å²) in [5, 5.41) is 0. The molecule has 17 heavy (non-hydrogen) atoms. The van der Waals surface area contributed by atoms with E-state index in [9.17, 15) is 8.78 Å². The molecule has 1 N–H and O–H groups in total. The van der Waals surface area contributed by atoms with Crippen LogP contribution in [0, 0.1) is 0 Å². The zero-order valence-electron chi connectivity index (χ0n) is 9.76. The molecule has 0 spiro atoms. The first-order valence-electron chi connectivity index (χ1n) is 5.53. The Bertz CT molecular complexity index is 517. The smallest absolute Gasteiger partial charge is 0.394 e. The summed E-state index contributed by atoms with van der Waals surface area (Å²) >= 11 is 0. The van der Waals surface area contributed by atoms with Crippen LogP contribution in [0.1, 0.15) is 26.1 Å². The summed E-state index contributed by atoms with van der Waals surface area (Å²) in [5.74, 6) is 1.000. The van der Waals surface area contributed by atoms with Gasteiger partial charge in [0, 0.05) is 19.4 Å². The zero-order chi connectivity index (χ0) is 12.5. The molecule has 0 aliphatic heterocycles. The normalized spacial score (nSPS) is 12.0. The Kier molecular flexibility index (Phi) is 3.00. The number of fused-ring (bicyclic) bond motifs is 1. The van der Waals surface area contributed by atoms with E-state index in [1.165, 1.54) is 6.07 Å². The highest BCUT2D eigenvalue weighted by molar-refractivity contribution is 5.76. The van der Waals surface area contributed by atoms with Crippen LogP contribution in [-0.2, 0) is 6.42 Å². The highest BCUT2D eigenvalue weighted by Crippen LogP contribution is 2.24. The molecule has 2 rings (SSSR count). The molecular formula is C12H14F2N2O. The van der Waals surface area contributed by atoms with E-state index in [4.69, 9.17) is 0 Å². The van der Waals surface area contributed by atoms with Gasteiger partial charge in [-0.05, 0) is 18.6 Å². The van der Waals surface area contributed by atoms with Gasteiger partial charge in [-0.15, -0.1) is 0 Å². The Balaban J connectivity index is 2.30. The molecule has 1 aromatic carbocycles. The molecule has 0 radical (unpaired) electrons. The van der Waals surface area contributed by atoms with Crippen molar-refractivity contribution in [1.29, 1.82) is 0 Å². The van der Waals surface area contributed by atoms with Gasteiger partial charge in [-0.25, -0.2) is 4.98 Å². The lowest BCUT2D eigenvalue weighted by molar-refractivity contribution is -0.158. The van der Waals surface area contributed by atoms with Crippen LogP contribution in [0.25, 0.3) is 11.0 Å². The molecule has 1 heterocycles. The predicted molar refractivity (Wildman–Crippen MR) is 61.3 cm³/mol. The van der Waals surface area contributed by atoms with Gasteiger partial charge >= 0.3 is 6.11 Å². The lowest BCUT2D eigenvalue weighted by Crippen LogP contribution is -2.18. The van der Waals surface area contributed by atoms with Gasteiger partial charge in [0.1, 0.15) is 11.6 Å². The molecule has 1 aromatic heterocycles. The average molecular weight is 240 g/mol. The maximum Gasteiger partial charge on any atom is 0.394 e. The van der Waals surface area contributed by atoms with Crippen molar-refractivity contribution in [2.75, 3.05) is 0 Å². The number of alkyl halides is 2. The van der Waals surface area contributed by atoms with Gasteiger partial charge in [-0.3, -0.25) is 0 Å². The summed E-state index contributed by atoms with van der Waals surface area (Å²) in [6.45, 7) is 2.77. The van der Waals surface area contributed by atoms with Crippen LogP contribution < -0.4 is 4.74 Å². The van der Waals surface area contributed by atoms with Gasteiger partial charge < -0.3 is 9.72 Å². The number of ether oxygens (including phenoxy) is 1. The minimum atomic E-state index is -3.17. The van der Waals surface area contributed by atoms with E-state index in [2.05, 4.69) is 21.6 Å². The topological polar surface area (TPSA) is 37.9 Å². The first-order chi connectivity index (χ1) is 7.98. The van der Waals surface area contributed by atoms with E-state index in [1.807, 2.05) is 0 Å². The zero-order valence-corrected chi connectivity index (χ0v) is 9.76.